The molecule has 24 heavy (non-hydrogen) atoms. The van der Waals surface area contributed by atoms with Gasteiger partial charge in [-0.1, -0.05) is 5.16 Å². The highest BCUT2D eigenvalue weighted by Crippen LogP contribution is 2.33. The number of hydrogen-bond acceptors (Lipinski definition) is 6. The minimum Gasteiger partial charge on any atom is -0.497 e. The highest BCUT2D eigenvalue weighted by molar-refractivity contribution is 5.55. The van der Waals surface area contributed by atoms with E-state index < -0.39 is 0 Å². The fourth-order valence-electron chi connectivity index (χ4n) is 2.87. The van der Waals surface area contributed by atoms with Gasteiger partial charge in [0.2, 0.25) is 5.82 Å². The van der Waals surface area contributed by atoms with E-state index in [9.17, 15) is 0 Å². The van der Waals surface area contributed by atoms with E-state index in [1.807, 2.05) is 35.0 Å². The van der Waals surface area contributed by atoms with Gasteiger partial charge >= 0.3 is 0 Å². The van der Waals surface area contributed by atoms with Crippen LogP contribution in [0.4, 0.5) is 0 Å². The van der Waals surface area contributed by atoms with Crippen molar-refractivity contribution in [2.75, 3.05) is 7.11 Å². The highest BCUT2D eigenvalue weighted by atomic mass is 16.5. The van der Waals surface area contributed by atoms with Crippen LogP contribution in [0.5, 0.6) is 5.75 Å². The van der Waals surface area contributed by atoms with Crippen molar-refractivity contribution >= 4 is 0 Å². The van der Waals surface area contributed by atoms with Crippen molar-refractivity contribution in [1.82, 2.24) is 19.7 Å². The van der Waals surface area contributed by atoms with Gasteiger partial charge in [0, 0.05) is 24.5 Å². The Morgan fingerprint density at radius 2 is 2.12 bits per heavy atom. The van der Waals surface area contributed by atoms with Crippen LogP contribution in [0.25, 0.3) is 11.4 Å². The number of ether oxygens (including phenoxy) is 2. The molecule has 1 aromatic carbocycles. The summed E-state index contributed by atoms with van der Waals surface area (Å²) in [5, 5.41) is 4.07. The standard InChI is InChI=1S/C17H18N4O3/c1-22-13-4-2-12(3-5-13)16-19-17(24-20-16)15-7-6-14(23-15)10-21-9-8-18-11-21/h2-5,8-9,11,14-15H,6-7,10H2,1H3/t14-,15+/m1/s1. The summed E-state index contributed by atoms with van der Waals surface area (Å²) in [4.78, 5) is 8.54. The second-order valence-corrected chi connectivity index (χ2v) is 5.77. The van der Waals surface area contributed by atoms with Gasteiger partial charge < -0.3 is 18.6 Å². The van der Waals surface area contributed by atoms with Gasteiger partial charge in [-0.3, -0.25) is 0 Å². The number of nitrogens with zero attached hydrogens (tertiary/aromatic N) is 4. The van der Waals surface area contributed by atoms with Crippen LogP contribution in [0.1, 0.15) is 24.8 Å². The first-order chi connectivity index (χ1) is 11.8. The Morgan fingerprint density at radius 3 is 2.88 bits per heavy atom. The molecular formula is C17H18N4O3. The molecule has 3 heterocycles. The van der Waals surface area contributed by atoms with Crippen LogP contribution in [0.2, 0.25) is 0 Å². The van der Waals surface area contributed by atoms with Crippen LogP contribution in [-0.4, -0.2) is 32.9 Å². The minimum absolute atomic E-state index is 0.139. The van der Waals surface area contributed by atoms with E-state index in [0.717, 1.165) is 30.7 Å². The Kier molecular flexibility index (Phi) is 4.00. The molecule has 1 fully saturated rings. The van der Waals surface area contributed by atoms with Crippen molar-refractivity contribution in [3.63, 3.8) is 0 Å². The van der Waals surface area contributed by atoms with Crippen molar-refractivity contribution in [2.45, 2.75) is 31.6 Å². The molecule has 124 valence electrons. The Labute approximate surface area is 139 Å². The molecule has 0 N–H and O–H groups in total. The molecule has 3 aromatic rings. The number of imidazole rings is 1. The van der Waals surface area contributed by atoms with E-state index in [-0.39, 0.29) is 12.2 Å². The van der Waals surface area contributed by atoms with Gasteiger partial charge in [0.05, 0.1) is 19.5 Å². The van der Waals surface area contributed by atoms with Crippen LogP contribution in [0.15, 0.2) is 47.5 Å². The van der Waals surface area contributed by atoms with Gasteiger partial charge in [0.15, 0.2) is 0 Å². The maximum atomic E-state index is 6.04. The van der Waals surface area contributed by atoms with E-state index in [1.54, 1.807) is 19.6 Å². The Hall–Kier alpha value is -2.67. The van der Waals surface area contributed by atoms with Crippen molar-refractivity contribution in [3.05, 3.63) is 48.9 Å². The summed E-state index contributed by atoms with van der Waals surface area (Å²) in [5.41, 5.74) is 0.888. The normalized spacial score (nSPS) is 20.4. The Balaban J connectivity index is 1.43. The summed E-state index contributed by atoms with van der Waals surface area (Å²) in [6.45, 7) is 0.788. The third-order valence-electron chi connectivity index (χ3n) is 4.15. The monoisotopic (exact) mass is 326 g/mol. The van der Waals surface area contributed by atoms with Gasteiger partial charge in [-0.25, -0.2) is 4.98 Å². The molecule has 0 bridgehead atoms. The number of methoxy groups -OCH3 is 1. The molecule has 7 nitrogen and oxygen atoms in total. The van der Waals surface area contributed by atoms with E-state index >= 15 is 0 Å². The van der Waals surface area contributed by atoms with Crippen molar-refractivity contribution in [3.8, 4) is 17.1 Å². The first-order valence-corrected chi connectivity index (χ1v) is 7.91. The van der Waals surface area contributed by atoms with E-state index in [4.69, 9.17) is 14.0 Å². The molecule has 1 aliphatic rings. The summed E-state index contributed by atoms with van der Waals surface area (Å²) in [7, 11) is 1.64. The van der Waals surface area contributed by atoms with Crippen molar-refractivity contribution < 1.29 is 14.0 Å². The SMILES string of the molecule is COc1ccc(-c2noc([C@@H]3CC[C@H](Cn4ccnc4)O3)n2)cc1. The third-order valence-corrected chi connectivity index (χ3v) is 4.15. The van der Waals surface area contributed by atoms with Crippen LogP contribution in [-0.2, 0) is 11.3 Å². The zero-order chi connectivity index (χ0) is 16.4. The fraction of sp³-hybridized carbons (Fsp3) is 0.353. The molecule has 0 saturated carbocycles. The third kappa shape index (κ3) is 3.03. The molecular weight excluding hydrogens is 308 g/mol. The molecule has 0 aliphatic carbocycles. The van der Waals surface area contributed by atoms with Gasteiger partial charge in [0.25, 0.3) is 5.89 Å². The zero-order valence-corrected chi connectivity index (χ0v) is 13.3. The number of benzene rings is 1. The average molecular weight is 326 g/mol. The van der Waals surface area contributed by atoms with Crippen LogP contribution < -0.4 is 4.74 Å². The lowest BCUT2D eigenvalue weighted by molar-refractivity contribution is 0.0178. The molecule has 0 radical (unpaired) electrons. The summed E-state index contributed by atoms with van der Waals surface area (Å²) >= 11 is 0. The van der Waals surface area contributed by atoms with E-state index in [1.165, 1.54) is 0 Å². The molecule has 1 saturated heterocycles. The predicted molar refractivity (Wildman–Crippen MR) is 85.4 cm³/mol. The lowest BCUT2D eigenvalue weighted by Crippen LogP contribution is -2.14. The highest BCUT2D eigenvalue weighted by Gasteiger charge is 2.31. The first kappa shape index (κ1) is 14.9. The minimum atomic E-state index is -0.141. The molecule has 4 rings (SSSR count). The van der Waals surface area contributed by atoms with Crippen molar-refractivity contribution in [1.29, 1.82) is 0 Å². The van der Waals surface area contributed by atoms with Crippen molar-refractivity contribution in [2.24, 2.45) is 0 Å². The maximum absolute atomic E-state index is 6.04. The van der Waals surface area contributed by atoms with Crippen LogP contribution >= 0.6 is 0 Å². The number of rotatable bonds is 5. The molecule has 0 unspecified atom stereocenters. The molecule has 0 amide bonds. The molecule has 0 spiro atoms. The Morgan fingerprint density at radius 1 is 1.25 bits per heavy atom. The smallest absolute Gasteiger partial charge is 0.256 e. The molecule has 2 atom stereocenters. The lowest BCUT2D eigenvalue weighted by atomic mass is 10.2. The summed E-state index contributed by atoms with van der Waals surface area (Å²) < 4.78 is 18.6. The summed E-state index contributed by atoms with van der Waals surface area (Å²) in [5.74, 6) is 1.90. The quantitative estimate of drug-likeness (QED) is 0.717. The fourth-order valence-corrected chi connectivity index (χ4v) is 2.87. The topological polar surface area (TPSA) is 75.2 Å². The molecule has 2 aromatic heterocycles. The van der Waals surface area contributed by atoms with Gasteiger partial charge in [-0.2, -0.15) is 4.98 Å². The summed E-state index contributed by atoms with van der Waals surface area (Å²) in [6.07, 6.45) is 7.34. The van der Waals surface area contributed by atoms with Gasteiger partial charge in [-0.05, 0) is 37.1 Å². The number of hydrogen-bond donors (Lipinski definition) is 0. The average Bonchev–Trinajstić information content (AvgIpc) is 3.37. The largest absolute Gasteiger partial charge is 0.497 e. The van der Waals surface area contributed by atoms with Gasteiger partial charge in [0.1, 0.15) is 11.9 Å². The second-order valence-electron chi connectivity index (χ2n) is 5.77. The molecule has 7 heteroatoms. The first-order valence-electron chi connectivity index (χ1n) is 7.91. The maximum Gasteiger partial charge on any atom is 0.256 e. The van der Waals surface area contributed by atoms with E-state index in [0.29, 0.717) is 11.7 Å². The number of aromatic nitrogens is 4. The zero-order valence-electron chi connectivity index (χ0n) is 13.3. The summed E-state index contributed by atoms with van der Waals surface area (Å²) in [6, 6.07) is 7.56. The van der Waals surface area contributed by atoms with Crippen LogP contribution in [0, 0.1) is 0 Å². The second kappa shape index (κ2) is 6.45. The molecule has 1 aliphatic heterocycles. The van der Waals surface area contributed by atoms with E-state index in [2.05, 4.69) is 15.1 Å². The lowest BCUT2D eigenvalue weighted by Gasteiger charge is -2.11. The predicted octanol–water partition coefficient (Wildman–Crippen LogP) is 2.86. The van der Waals surface area contributed by atoms with Crippen LogP contribution in [0.3, 0.4) is 0 Å². The van der Waals surface area contributed by atoms with Gasteiger partial charge in [-0.15, -0.1) is 0 Å². The Bertz CT molecular complexity index is 783.